The predicted molar refractivity (Wildman–Crippen MR) is 192 cm³/mol. The minimum Gasteiger partial charge on any atom is -0.208 e. The molecule has 46 heavy (non-hydrogen) atoms. The van der Waals surface area contributed by atoms with Crippen LogP contribution in [0.3, 0.4) is 0 Å². The number of benzene rings is 8. The fourth-order valence-electron chi connectivity index (χ4n) is 6.67. The van der Waals surface area contributed by atoms with E-state index < -0.39 is 0 Å². The number of nitrogens with zero attached hydrogens (tertiary/aromatic N) is 3. The summed E-state index contributed by atoms with van der Waals surface area (Å²) in [7, 11) is 0. The van der Waals surface area contributed by atoms with Crippen molar-refractivity contribution in [2.75, 3.05) is 0 Å². The normalized spacial score (nSPS) is 11.5. The maximum Gasteiger partial charge on any atom is 0.165 e. The highest BCUT2D eigenvalue weighted by Gasteiger charge is 2.18. The second-order valence-electron chi connectivity index (χ2n) is 11.6. The summed E-state index contributed by atoms with van der Waals surface area (Å²) in [5, 5.41) is 9.64. The number of hydrogen-bond acceptors (Lipinski definition) is 3. The monoisotopic (exact) mass is 585 g/mol. The predicted octanol–water partition coefficient (Wildman–Crippen LogP) is 11.2. The van der Waals surface area contributed by atoms with E-state index in [2.05, 4.69) is 140 Å². The van der Waals surface area contributed by atoms with Gasteiger partial charge in [0.05, 0.1) is 0 Å². The van der Waals surface area contributed by atoms with Crippen molar-refractivity contribution >= 4 is 43.1 Å². The Labute approximate surface area is 266 Å². The summed E-state index contributed by atoms with van der Waals surface area (Å²) in [6, 6.07) is 57.5. The molecule has 9 aromatic rings. The van der Waals surface area contributed by atoms with Gasteiger partial charge in [-0.1, -0.05) is 158 Å². The average Bonchev–Trinajstić information content (AvgIpc) is 3.14. The largest absolute Gasteiger partial charge is 0.208 e. The van der Waals surface area contributed by atoms with E-state index in [1.165, 1.54) is 26.9 Å². The van der Waals surface area contributed by atoms with Gasteiger partial charge in [-0.05, 0) is 60.3 Å². The van der Waals surface area contributed by atoms with E-state index in [1.54, 1.807) is 0 Å². The lowest BCUT2D eigenvalue weighted by atomic mass is 9.93. The first-order valence-corrected chi connectivity index (χ1v) is 15.5. The van der Waals surface area contributed by atoms with E-state index in [4.69, 9.17) is 15.0 Å². The van der Waals surface area contributed by atoms with Gasteiger partial charge >= 0.3 is 0 Å². The fourth-order valence-corrected chi connectivity index (χ4v) is 6.67. The summed E-state index contributed by atoms with van der Waals surface area (Å²) in [5.74, 6) is 1.96. The van der Waals surface area contributed by atoms with Crippen molar-refractivity contribution in [3.63, 3.8) is 0 Å². The van der Waals surface area contributed by atoms with Gasteiger partial charge in [0.25, 0.3) is 0 Å². The molecule has 0 bridgehead atoms. The summed E-state index contributed by atoms with van der Waals surface area (Å²) in [6.45, 7) is 0. The third kappa shape index (κ3) is 4.41. The molecule has 0 saturated carbocycles. The van der Waals surface area contributed by atoms with Crippen LogP contribution in [0.5, 0.6) is 0 Å². The number of rotatable bonds is 4. The molecule has 0 atom stereocenters. The zero-order chi connectivity index (χ0) is 30.5. The van der Waals surface area contributed by atoms with Crippen molar-refractivity contribution in [1.82, 2.24) is 15.0 Å². The lowest BCUT2D eigenvalue weighted by Crippen LogP contribution is -2.01. The number of aromatic nitrogens is 3. The van der Waals surface area contributed by atoms with Gasteiger partial charge < -0.3 is 0 Å². The Morgan fingerprint density at radius 1 is 0.283 bits per heavy atom. The van der Waals surface area contributed by atoms with Crippen LogP contribution >= 0.6 is 0 Å². The molecule has 8 aromatic carbocycles. The Bertz CT molecular complexity index is 2570. The third-order valence-corrected chi connectivity index (χ3v) is 8.91. The molecular formula is C43H27N3. The van der Waals surface area contributed by atoms with Crippen LogP contribution < -0.4 is 0 Å². The first kappa shape index (κ1) is 26.2. The Morgan fingerprint density at radius 3 is 1.52 bits per heavy atom. The van der Waals surface area contributed by atoms with Gasteiger partial charge in [0.2, 0.25) is 0 Å². The highest BCUT2D eigenvalue weighted by molar-refractivity contribution is 6.17. The quantitative estimate of drug-likeness (QED) is 0.193. The van der Waals surface area contributed by atoms with Crippen LogP contribution in [0.2, 0.25) is 0 Å². The maximum atomic E-state index is 5.22. The van der Waals surface area contributed by atoms with E-state index in [0.717, 1.165) is 44.0 Å². The molecule has 0 aliphatic carbocycles. The van der Waals surface area contributed by atoms with Crippen LogP contribution in [-0.4, -0.2) is 15.0 Å². The lowest BCUT2D eigenvalue weighted by molar-refractivity contribution is 1.08. The number of fused-ring (bicyclic) bond motifs is 6. The molecule has 3 nitrogen and oxygen atoms in total. The Kier molecular flexibility index (Phi) is 6.14. The Hall–Kier alpha value is -6.19. The Morgan fingerprint density at radius 2 is 0.783 bits per heavy atom. The van der Waals surface area contributed by atoms with Crippen LogP contribution in [0.1, 0.15) is 0 Å². The first-order valence-electron chi connectivity index (χ1n) is 15.5. The van der Waals surface area contributed by atoms with Crippen LogP contribution in [0, 0.1) is 0 Å². The van der Waals surface area contributed by atoms with E-state index in [0.29, 0.717) is 17.5 Å². The van der Waals surface area contributed by atoms with Crippen molar-refractivity contribution < 1.29 is 0 Å². The van der Waals surface area contributed by atoms with E-state index in [9.17, 15) is 0 Å². The second-order valence-corrected chi connectivity index (χ2v) is 11.6. The van der Waals surface area contributed by atoms with E-state index in [-0.39, 0.29) is 0 Å². The molecule has 0 N–H and O–H groups in total. The summed E-state index contributed by atoms with van der Waals surface area (Å²) in [5.41, 5.74) is 5.12. The summed E-state index contributed by atoms with van der Waals surface area (Å²) >= 11 is 0. The molecule has 214 valence electrons. The topological polar surface area (TPSA) is 38.7 Å². The van der Waals surface area contributed by atoms with E-state index in [1.807, 2.05) is 24.3 Å². The van der Waals surface area contributed by atoms with Crippen molar-refractivity contribution in [3.8, 4) is 45.3 Å². The molecule has 1 heterocycles. The van der Waals surface area contributed by atoms with Gasteiger partial charge in [0.1, 0.15) is 0 Å². The molecule has 0 fully saturated rings. The van der Waals surface area contributed by atoms with Crippen LogP contribution in [0.15, 0.2) is 164 Å². The lowest BCUT2D eigenvalue weighted by Gasteiger charge is -2.15. The van der Waals surface area contributed by atoms with Gasteiger partial charge in [-0.2, -0.15) is 0 Å². The molecule has 0 aliphatic rings. The van der Waals surface area contributed by atoms with Crippen molar-refractivity contribution in [3.05, 3.63) is 164 Å². The molecule has 3 heteroatoms. The van der Waals surface area contributed by atoms with Gasteiger partial charge in [-0.25, -0.2) is 15.0 Å². The maximum absolute atomic E-state index is 5.22. The Balaban J connectivity index is 1.29. The van der Waals surface area contributed by atoms with Crippen molar-refractivity contribution in [2.45, 2.75) is 0 Å². The molecule has 0 amide bonds. The van der Waals surface area contributed by atoms with E-state index >= 15 is 0 Å². The molecule has 0 saturated heterocycles. The SMILES string of the molecule is c1ccc(-c2nc(-c3ccc4c(ccc5c6ccccc6ccc45)c3)nc(-c3c(-c4ccccc4)ccc4ccccc34)n2)cc1. The summed E-state index contributed by atoms with van der Waals surface area (Å²) in [6.07, 6.45) is 0. The molecule has 0 aliphatic heterocycles. The van der Waals surface area contributed by atoms with Gasteiger partial charge in [0.15, 0.2) is 17.5 Å². The van der Waals surface area contributed by atoms with Crippen molar-refractivity contribution in [2.24, 2.45) is 0 Å². The highest BCUT2D eigenvalue weighted by atomic mass is 15.0. The molecule has 0 radical (unpaired) electrons. The van der Waals surface area contributed by atoms with Gasteiger partial charge in [-0.15, -0.1) is 0 Å². The molecule has 0 unspecified atom stereocenters. The first-order chi connectivity index (χ1) is 22.8. The molecule has 9 rings (SSSR count). The smallest absolute Gasteiger partial charge is 0.165 e. The van der Waals surface area contributed by atoms with Gasteiger partial charge in [-0.3, -0.25) is 0 Å². The zero-order valence-corrected chi connectivity index (χ0v) is 24.9. The summed E-state index contributed by atoms with van der Waals surface area (Å²) < 4.78 is 0. The van der Waals surface area contributed by atoms with Crippen molar-refractivity contribution in [1.29, 1.82) is 0 Å². The van der Waals surface area contributed by atoms with Crippen LogP contribution in [0.25, 0.3) is 88.4 Å². The third-order valence-electron chi connectivity index (χ3n) is 8.91. The number of hydrogen-bond donors (Lipinski definition) is 0. The second kappa shape index (κ2) is 10.8. The summed E-state index contributed by atoms with van der Waals surface area (Å²) in [4.78, 5) is 15.4. The van der Waals surface area contributed by atoms with Gasteiger partial charge in [0, 0.05) is 16.7 Å². The fraction of sp³-hybridized carbons (Fsp3) is 0. The average molecular weight is 586 g/mol. The minimum atomic E-state index is 0.649. The van der Waals surface area contributed by atoms with Crippen LogP contribution in [-0.2, 0) is 0 Å². The molecule has 0 spiro atoms. The zero-order valence-electron chi connectivity index (χ0n) is 24.9. The molecular weight excluding hydrogens is 558 g/mol. The van der Waals surface area contributed by atoms with Crippen LogP contribution in [0.4, 0.5) is 0 Å². The molecule has 1 aromatic heterocycles. The highest BCUT2D eigenvalue weighted by Crippen LogP contribution is 2.39. The standard InChI is InChI=1S/C43H27N3/c1-3-11-28(12-4-1)37-24-19-30-14-8-10-18-36(30)40(37)43-45-41(31-15-5-2-6-16-31)44-42(46-43)33-22-23-35-32(27-33)21-26-38-34-17-9-7-13-29(34)20-25-39(35)38/h1-27H. The minimum absolute atomic E-state index is 0.649.